The third-order valence-corrected chi connectivity index (χ3v) is 2.16. The molecular weight excluding hydrogens is 216 g/mol. The second kappa shape index (κ2) is 5.19. The fraction of sp³-hybridized carbons (Fsp3) is 0.462. The van der Waals surface area contributed by atoms with Crippen molar-refractivity contribution in [2.75, 3.05) is 5.32 Å². The molecular formula is C13H20N2O2. The molecule has 94 valence electrons. The zero-order chi connectivity index (χ0) is 13.1. The maximum atomic E-state index is 11.6. The molecule has 4 nitrogen and oxygen atoms in total. The van der Waals surface area contributed by atoms with Crippen LogP contribution in [0.25, 0.3) is 0 Å². The lowest BCUT2D eigenvalue weighted by Gasteiger charge is -2.20. The molecule has 1 amide bonds. The van der Waals surface area contributed by atoms with Gasteiger partial charge in [0.2, 0.25) is 0 Å². The van der Waals surface area contributed by atoms with Crippen LogP contribution in [0.4, 0.5) is 10.5 Å². The van der Waals surface area contributed by atoms with Crippen LogP contribution in [0.3, 0.4) is 0 Å². The number of aryl methyl sites for hydroxylation is 1. The van der Waals surface area contributed by atoms with E-state index in [1.54, 1.807) is 0 Å². The van der Waals surface area contributed by atoms with Gasteiger partial charge in [-0.3, -0.25) is 5.32 Å². The van der Waals surface area contributed by atoms with Gasteiger partial charge in [0.1, 0.15) is 5.60 Å². The van der Waals surface area contributed by atoms with Gasteiger partial charge in [-0.2, -0.15) is 0 Å². The first-order chi connectivity index (χ1) is 7.81. The van der Waals surface area contributed by atoms with E-state index in [-0.39, 0.29) is 0 Å². The summed E-state index contributed by atoms with van der Waals surface area (Å²) in [5.74, 6) is 0. The monoisotopic (exact) mass is 236 g/mol. The molecule has 0 heterocycles. The van der Waals surface area contributed by atoms with Crippen LogP contribution in [0, 0.1) is 6.92 Å². The second-order valence-corrected chi connectivity index (χ2v) is 4.98. The largest absolute Gasteiger partial charge is 0.444 e. The van der Waals surface area contributed by atoms with E-state index >= 15 is 0 Å². The van der Waals surface area contributed by atoms with Crippen LogP contribution < -0.4 is 11.1 Å². The van der Waals surface area contributed by atoms with Crippen LogP contribution in [0.1, 0.15) is 31.9 Å². The first-order valence-electron chi connectivity index (χ1n) is 5.61. The van der Waals surface area contributed by atoms with E-state index in [4.69, 9.17) is 10.5 Å². The molecule has 0 aliphatic heterocycles. The molecule has 0 unspecified atom stereocenters. The Balaban J connectivity index is 2.72. The zero-order valence-corrected chi connectivity index (χ0v) is 10.8. The van der Waals surface area contributed by atoms with E-state index < -0.39 is 11.7 Å². The first kappa shape index (κ1) is 13.5. The average molecular weight is 236 g/mol. The lowest BCUT2D eigenvalue weighted by atomic mass is 10.1. The van der Waals surface area contributed by atoms with Crippen LogP contribution in [0.15, 0.2) is 18.2 Å². The molecule has 3 N–H and O–H groups in total. The number of hydrogen-bond acceptors (Lipinski definition) is 3. The fourth-order valence-corrected chi connectivity index (χ4v) is 1.41. The van der Waals surface area contributed by atoms with E-state index in [2.05, 4.69) is 5.32 Å². The summed E-state index contributed by atoms with van der Waals surface area (Å²) >= 11 is 0. The third-order valence-electron chi connectivity index (χ3n) is 2.16. The summed E-state index contributed by atoms with van der Waals surface area (Å²) in [5.41, 5.74) is 7.81. The molecule has 4 heteroatoms. The van der Waals surface area contributed by atoms with Gasteiger partial charge < -0.3 is 10.5 Å². The number of carbonyl (C=O) groups excluding carboxylic acids is 1. The van der Waals surface area contributed by atoms with E-state index in [0.29, 0.717) is 6.54 Å². The Morgan fingerprint density at radius 1 is 1.41 bits per heavy atom. The van der Waals surface area contributed by atoms with Crippen molar-refractivity contribution in [3.63, 3.8) is 0 Å². The number of rotatable bonds is 2. The minimum atomic E-state index is -0.491. The molecule has 0 saturated carbocycles. The number of anilines is 1. The fourth-order valence-electron chi connectivity index (χ4n) is 1.41. The van der Waals surface area contributed by atoms with Crippen LogP contribution in [0.2, 0.25) is 0 Å². The number of carbonyl (C=O) groups is 1. The van der Waals surface area contributed by atoms with Crippen molar-refractivity contribution in [3.8, 4) is 0 Å². The van der Waals surface area contributed by atoms with E-state index in [1.165, 1.54) is 0 Å². The van der Waals surface area contributed by atoms with Crippen molar-refractivity contribution in [3.05, 3.63) is 29.3 Å². The van der Waals surface area contributed by atoms with Crippen molar-refractivity contribution >= 4 is 11.8 Å². The van der Waals surface area contributed by atoms with Crippen LogP contribution in [-0.2, 0) is 11.3 Å². The third kappa shape index (κ3) is 4.44. The molecule has 1 aromatic rings. The lowest BCUT2D eigenvalue weighted by molar-refractivity contribution is 0.0636. The van der Waals surface area contributed by atoms with Crippen molar-refractivity contribution < 1.29 is 9.53 Å². The lowest BCUT2D eigenvalue weighted by Crippen LogP contribution is -2.27. The van der Waals surface area contributed by atoms with Crippen molar-refractivity contribution in [2.45, 2.75) is 39.8 Å². The minimum absolute atomic E-state index is 0.443. The second-order valence-electron chi connectivity index (χ2n) is 4.98. The molecule has 0 atom stereocenters. The highest BCUT2D eigenvalue weighted by molar-refractivity contribution is 5.85. The van der Waals surface area contributed by atoms with Gasteiger partial charge in [0.05, 0.1) is 0 Å². The molecule has 0 spiro atoms. The summed E-state index contributed by atoms with van der Waals surface area (Å²) in [6, 6.07) is 5.67. The molecule has 17 heavy (non-hydrogen) atoms. The molecule has 0 saturated heterocycles. The maximum absolute atomic E-state index is 11.6. The molecule has 0 fully saturated rings. The van der Waals surface area contributed by atoms with Gasteiger partial charge in [0.15, 0.2) is 0 Å². The Morgan fingerprint density at radius 2 is 2.06 bits per heavy atom. The summed E-state index contributed by atoms with van der Waals surface area (Å²) in [4.78, 5) is 11.6. The molecule has 0 radical (unpaired) electrons. The van der Waals surface area contributed by atoms with Gasteiger partial charge in [0.25, 0.3) is 0 Å². The topological polar surface area (TPSA) is 64.3 Å². The average Bonchev–Trinajstić information content (AvgIpc) is 2.18. The quantitative estimate of drug-likeness (QED) is 0.829. The van der Waals surface area contributed by atoms with Gasteiger partial charge >= 0.3 is 6.09 Å². The number of hydrogen-bond donors (Lipinski definition) is 2. The number of ether oxygens (including phenoxy) is 1. The Labute approximate surface area is 102 Å². The van der Waals surface area contributed by atoms with Gasteiger partial charge in [-0.05, 0) is 44.9 Å². The van der Waals surface area contributed by atoms with Gasteiger partial charge in [-0.15, -0.1) is 0 Å². The Morgan fingerprint density at radius 3 is 2.53 bits per heavy atom. The van der Waals surface area contributed by atoms with Crippen LogP contribution in [0.5, 0.6) is 0 Å². The SMILES string of the molecule is Cc1cc(CN)ccc1NC(=O)OC(C)(C)C. The van der Waals surface area contributed by atoms with Gasteiger partial charge in [-0.25, -0.2) is 4.79 Å². The smallest absolute Gasteiger partial charge is 0.412 e. The molecule has 0 bridgehead atoms. The summed E-state index contributed by atoms with van der Waals surface area (Å²) in [7, 11) is 0. The van der Waals surface area contributed by atoms with Crippen molar-refractivity contribution in [1.82, 2.24) is 0 Å². The van der Waals surface area contributed by atoms with Crippen LogP contribution >= 0.6 is 0 Å². The van der Waals surface area contributed by atoms with E-state index in [0.717, 1.165) is 16.8 Å². The summed E-state index contributed by atoms with van der Waals surface area (Å²) in [5, 5.41) is 2.72. The molecule has 0 aliphatic carbocycles. The number of amides is 1. The predicted octanol–water partition coefficient (Wildman–Crippen LogP) is 2.80. The first-order valence-corrected chi connectivity index (χ1v) is 5.61. The maximum Gasteiger partial charge on any atom is 0.412 e. The predicted molar refractivity (Wildman–Crippen MR) is 68.9 cm³/mol. The molecule has 1 aromatic carbocycles. The van der Waals surface area contributed by atoms with Gasteiger partial charge in [-0.1, -0.05) is 12.1 Å². The zero-order valence-electron chi connectivity index (χ0n) is 10.8. The minimum Gasteiger partial charge on any atom is -0.444 e. The molecule has 0 aliphatic rings. The van der Waals surface area contributed by atoms with Crippen LogP contribution in [-0.4, -0.2) is 11.7 Å². The number of nitrogens with one attached hydrogen (secondary N) is 1. The molecule has 0 aromatic heterocycles. The van der Waals surface area contributed by atoms with Crippen molar-refractivity contribution in [1.29, 1.82) is 0 Å². The van der Waals surface area contributed by atoms with Crippen molar-refractivity contribution in [2.24, 2.45) is 5.73 Å². The summed E-state index contributed by atoms with van der Waals surface area (Å²) < 4.78 is 5.18. The Hall–Kier alpha value is -1.55. The van der Waals surface area contributed by atoms with E-state index in [1.807, 2.05) is 45.9 Å². The molecule has 1 rings (SSSR count). The highest BCUT2D eigenvalue weighted by Crippen LogP contribution is 2.17. The number of benzene rings is 1. The normalized spacial score (nSPS) is 11.1. The standard InChI is InChI=1S/C13H20N2O2/c1-9-7-10(8-14)5-6-11(9)15-12(16)17-13(2,3)4/h5-7H,8,14H2,1-4H3,(H,15,16). The van der Waals surface area contributed by atoms with Gasteiger partial charge in [0, 0.05) is 12.2 Å². The Bertz CT molecular complexity index is 408. The Kier molecular flexibility index (Phi) is 4.12. The summed E-state index contributed by atoms with van der Waals surface area (Å²) in [6.07, 6.45) is -0.443. The number of nitrogens with two attached hydrogens (primary N) is 1. The highest BCUT2D eigenvalue weighted by atomic mass is 16.6. The highest BCUT2D eigenvalue weighted by Gasteiger charge is 2.16. The van der Waals surface area contributed by atoms with E-state index in [9.17, 15) is 4.79 Å². The summed E-state index contributed by atoms with van der Waals surface area (Å²) in [6.45, 7) is 7.91.